The van der Waals surface area contributed by atoms with Crippen LogP contribution < -0.4 is 4.90 Å². The molecule has 2 aromatic rings. The summed E-state index contributed by atoms with van der Waals surface area (Å²) in [5, 5.41) is 0. The molecule has 25 heavy (non-hydrogen) atoms. The maximum Gasteiger partial charge on any atom is 0.302 e. The average Bonchev–Trinajstić information content (AvgIpc) is 2.88. The summed E-state index contributed by atoms with van der Waals surface area (Å²) in [5.41, 5.74) is 3.15. The molecule has 1 atom stereocenters. The second kappa shape index (κ2) is 7.79. The average molecular weight is 335 g/mol. The molecule has 4 heteroatoms. The van der Waals surface area contributed by atoms with Crippen LogP contribution >= 0.6 is 0 Å². The van der Waals surface area contributed by atoms with Crippen molar-refractivity contribution < 1.29 is 14.3 Å². The maximum atomic E-state index is 12.9. The molecule has 1 heterocycles. The number of para-hydroxylation sites is 1. The van der Waals surface area contributed by atoms with Crippen molar-refractivity contribution in [2.45, 2.75) is 25.8 Å². The Kier molecular flexibility index (Phi) is 5.29. The first-order chi connectivity index (χ1) is 12.2. The number of allylic oxidation sites excluding steroid dienone is 1. The Bertz CT molecular complexity index is 783. The van der Waals surface area contributed by atoms with E-state index in [0.29, 0.717) is 13.0 Å². The molecule has 0 aromatic heterocycles. The highest BCUT2D eigenvalue weighted by molar-refractivity contribution is 6.04. The number of carbonyl (C=O) groups excluding carboxylic acids is 2. The third-order valence-corrected chi connectivity index (χ3v) is 4.27. The number of fused-ring (bicyclic) bond motifs is 1. The van der Waals surface area contributed by atoms with Gasteiger partial charge in [0.15, 0.2) is 0 Å². The third-order valence-electron chi connectivity index (χ3n) is 4.27. The first-order valence-corrected chi connectivity index (χ1v) is 8.39. The number of anilines is 1. The lowest BCUT2D eigenvalue weighted by molar-refractivity contribution is -0.139. The van der Waals surface area contributed by atoms with Crippen LogP contribution in [-0.4, -0.2) is 18.5 Å². The van der Waals surface area contributed by atoms with Gasteiger partial charge in [-0.15, -0.1) is 0 Å². The van der Waals surface area contributed by atoms with Gasteiger partial charge >= 0.3 is 5.97 Å². The lowest BCUT2D eigenvalue weighted by Gasteiger charge is -2.18. The summed E-state index contributed by atoms with van der Waals surface area (Å²) in [6.07, 6.45) is 4.30. The van der Waals surface area contributed by atoms with Crippen LogP contribution in [0.1, 0.15) is 30.4 Å². The molecule has 2 aromatic carbocycles. The van der Waals surface area contributed by atoms with Crippen molar-refractivity contribution in [3.05, 3.63) is 77.9 Å². The van der Waals surface area contributed by atoms with Crippen molar-refractivity contribution in [3.8, 4) is 0 Å². The number of benzene rings is 2. The molecule has 0 bridgehead atoms. The highest BCUT2D eigenvalue weighted by atomic mass is 16.5. The Hall–Kier alpha value is -2.88. The van der Waals surface area contributed by atoms with E-state index in [1.807, 2.05) is 65.6 Å². The molecule has 4 nitrogen and oxygen atoms in total. The molecular weight excluding hydrogens is 314 g/mol. The van der Waals surface area contributed by atoms with Gasteiger partial charge in [-0.05, 0) is 23.6 Å². The Balaban J connectivity index is 1.74. The number of carbonyl (C=O) groups is 2. The Morgan fingerprint density at radius 3 is 2.56 bits per heavy atom. The van der Waals surface area contributed by atoms with Gasteiger partial charge in [-0.3, -0.25) is 9.59 Å². The lowest BCUT2D eigenvalue weighted by atomic mass is 9.97. The highest BCUT2D eigenvalue weighted by Gasteiger charge is 2.35. The molecule has 0 aliphatic carbocycles. The Labute approximate surface area is 147 Å². The van der Waals surface area contributed by atoms with Gasteiger partial charge in [0.05, 0.1) is 12.5 Å². The molecule has 3 rings (SSSR count). The summed E-state index contributed by atoms with van der Waals surface area (Å²) in [6.45, 7) is 2.20. The molecule has 1 aliphatic heterocycles. The molecule has 0 fully saturated rings. The van der Waals surface area contributed by atoms with Crippen LogP contribution in [0.25, 0.3) is 0 Å². The zero-order chi connectivity index (χ0) is 17.6. The van der Waals surface area contributed by atoms with Gasteiger partial charge in [0.2, 0.25) is 5.91 Å². The van der Waals surface area contributed by atoms with Gasteiger partial charge in [0.1, 0.15) is 6.61 Å². The van der Waals surface area contributed by atoms with Crippen LogP contribution in [0, 0.1) is 0 Å². The van der Waals surface area contributed by atoms with Crippen LogP contribution in [-0.2, 0) is 20.9 Å². The summed E-state index contributed by atoms with van der Waals surface area (Å²) < 4.78 is 4.88. The second-order valence-electron chi connectivity index (χ2n) is 6.03. The minimum Gasteiger partial charge on any atom is -0.462 e. The molecule has 1 aliphatic rings. The van der Waals surface area contributed by atoms with Crippen molar-refractivity contribution in [2.24, 2.45) is 0 Å². The van der Waals surface area contributed by atoms with Gasteiger partial charge < -0.3 is 9.64 Å². The van der Waals surface area contributed by atoms with E-state index in [4.69, 9.17) is 4.74 Å². The topological polar surface area (TPSA) is 46.6 Å². The first kappa shape index (κ1) is 17.0. The largest absolute Gasteiger partial charge is 0.462 e. The van der Waals surface area contributed by atoms with Gasteiger partial charge in [-0.2, -0.15) is 0 Å². The van der Waals surface area contributed by atoms with E-state index in [-0.39, 0.29) is 24.4 Å². The third kappa shape index (κ3) is 3.97. The quantitative estimate of drug-likeness (QED) is 0.595. The van der Waals surface area contributed by atoms with E-state index in [0.717, 1.165) is 16.8 Å². The molecule has 0 N–H and O–H groups in total. The van der Waals surface area contributed by atoms with Crippen LogP contribution in [0.3, 0.4) is 0 Å². The molecule has 0 saturated carbocycles. The zero-order valence-corrected chi connectivity index (χ0v) is 14.2. The van der Waals surface area contributed by atoms with Gasteiger partial charge in [-0.1, -0.05) is 60.7 Å². The van der Waals surface area contributed by atoms with Crippen LogP contribution in [0.4, 0.5) is 5.69 Å². The normalized spacial score (nSPS) is 16.3. The number of amides is 1. The number of hydrogen-bond acceptors (Lipinski definition) is 3. The summed E-state index contributed by atoms with van der Waals surface area (Å²) in [4.78, 5) is 25.6. The summed E-state index contributed by atoms with van der Waals surface area (Å²) in [7, 11) is 0. The first-order valence-electron chi connectivity index (χ1n) is 8.39. The molecule has 0 radical (unpaired) electrons. The molecule has 128 valence electrons. The number of hydrogen-bond donors (Lipinski definition) is 0. The minimum atomic E-state index is -0.305. The number of nitrogens with zero attached hydrogens (tertiary/aromatic N) is 1. The van der Waals surface area contributed by atoms with E-state index in [2.05, 4.69) is 0 Å². The molecule has 1 unspecified atom stereocenters. The SMILES string of the molecule is CC(=O)OC/C=C\CC1C(=O)N(Cc2ccccc2)c2ccccc21. The number of esters is 1. The van der Waals surface area contributed by atoms with Gasteiger partial charge in [-0.25, -0.2) is 0 Å². The fraction of sp³-hybridized carbons (Fsp3) is 0.238. The van der Waals surface area contributed by atoms with Crippen molar-refractivity contribution in [1.82, 2.24) is 0 Å². The van der Waals surface area contributed by atoms with E-state index in [1.54, 1.807) is 6.08 Å². The molecular formula is C21H21NO3. The standard InChI is InChI=1S/C21H21NO3/c1-16(23)25-14-8-7-12-19-18-11-5-6-13-20(18)22(21(19)24)15-17-9-3-2-4-10-17/h2-11,13,19H,12,14-15H2,1H3/b8-7-. The summed E-state index contributed by atoms with van der Waals surface area (Å²) >= 11 is 0. The van der Waals surface area contributed by atoms with E-state index in [9.17, 15) is 9.59 Å². The second-order valence-corrected chi connectivity index (χ2v) is 6.03. The van der Waals surface area contributed by atoms with Gasteiger partial charge in [0, 0.05) is 12.6 Å². The molecule has 0 spiro atoms. The summed E-state index contributed by atoms with van der Waals surface area (Å²) in [6, 6.07) is 17.9. The predicted octanol–water partition coefficient (Wildman–Crippen LogP) is 3.83. The van der Waals surface area contributed by atoms with E-state index in [1.165, 1.54) is 6.92 Å². The van der Waals surface area contributed by atoms with E-state index >= 15 is 0 Å². The zero-order valence-electron chi connectivity index (χ0n) is 14.2. The number of rotatable bonds is 6. The highest BCUT2D eigenvalue weighted by Crippen LogP contribution is 2.40. The van der Waals surface area contributed by atoms with E-state index < -0.39 is 0 Å². The van der Waals surface area contributed by atoms with Crippen molar-refractivity contribution in [1.29, 1.82) is 0 Å². The van der Waals surface area contributed by atoms with Crippen molar-refractivity contribution in [2.75, 3.05) is 11.5 Å². The van der Waals surface area contributed by atoms with Gasteiger partial charge in [0.25, 0.3) is 0 Å². The fourth-order valence-electron chi connectivity index (χ4n) is 3.09. The Morgan fingerprint density at radius 1 is 1.08 bits per heavy atom. The minimum absolute atomic E-state index is 0.113. The molecule has 0 saturated heterocycles. The Morgan fingerprint density at radius 2 is 1.80 bits per heavy atom. The fourth-order valence-corrected chi connectivity index (χ4v) is 3.09. The van der Waals surface area contributed by atoms with Crippen LogP contribution in [0.15, 0.2) is 66.7 Å². The van der Waals surface area contributed by atoms with Crippen molar-refractivity contribution >= 4 is 17.6 Å². The van der Waals surface area contributed by atoms with Crippen LogP contribution in [0.5, 0.6) is 0 Å². The van der Waals surface area contributed by atoms with Crippen molar-refractivity contribution in [3.63, 3.8) is 0 Å². The monoisotopic (exact) mass is 335 g/mol. The maximum absolute atomic E-state index is 12.9. The predicted molar refractivity (Wildman–Crippen MR) is 97.2 cm³/mol. The smallest absolute Gasteiger partial charge is 0.302 e. The lowest BCUT2D eigenvalue weighted by Crippen LogP contribution is -2.28. The summed E-state index contributed by atoms with van der Waals surface area (Å²) in [5.74, 6) is -0.378. The number of ether oxygens (including phenoxy) is 1. The molecule has 1 amide bonds. The van der Waals surface area contributed by atoms with Crippen LogP contribution in [0.2, 0.25) is 0 Å².